The van der Waals surface area contributed by atoms with Crippen molar-refractivity contribution in [2.45, 2.75) is 90.9 Å². The van der Waals surface area contributed by atoms with Crippen molar-refractivity contribution in [3.63, 3.8) is 0 Å². The molecule has 0 aromatic carbocycles. The maximum atomic E-state index is 2.37. The Hall–Kier alpha value is -0.330. The van der Waals surface area contributed by atoms with E-state index < -0.39 is 0 Å². The van der Waals surface area contributed by atoms with Crippen molar-refractivity contribution in [2.75, 3.05) is 13.6 Å². The van der Waals surface area contributed by atoms with Crippen molar-refractivity contribution in [1.82, 2.24) is 0 Å². The summed E-state index contributed by atoms with van der Waals surface area (Å²) in [6, 6.07) is 0. The summed E-state index contributed by atoms with van der Waals surface area (Å²) in [5.74, 6) is 0. The van der Waals surface area contributed by atoms with E-state index in [9.17, 15) is 0 Å². The van der Waals surface area contributed by atoms with Crippen LogP contribution in [0.4, 0.5) is 0 Å². The van der Waals surface area contributed by atoms with Gasteiger partial charge in [0.05, 0.1) is 0 Å². The summed E-state index contributed by atoms with van der Waals surface area (Å²) < 4.78 is 2.37. The largest absolute Gasteiger partial charge is 0.242 e. The Morgan fingerprint density at radius 1 is 0.667 bits per heavy atom. The molecule has 18 heavy (non-hydrogen) atoms. The fourth-order valence-corrected chi connectivity index (χ4v) is 2.29. The van der Waals surface area contributed by atoms with Gasteiger partial charge in [0.2, 0.25) is 0 Å². The van der Waals surface area contributed by atoms with Gasteiger partial charge in [0.1, 0.15) is 19.8 Å². The molecule has 0 rings (SSSR count). The van der Waals surface area contributed by atoms with Crippen molar-refractivity contribution >= 4 is 6.21 Å². The highest BCUT2D eigenvalue weighted by Gasteiger charge is 1.96. The Kier molecular flexibility index (Phi) is 14.5. The van der Waals surface area contributed by atoms with Crippen molar-refractivity contribution in [2.24, 2.45) is 0 Å². The van der Waals surface area contributed by atoms with Crippen LogP contribution in [0.25, 0.3) is 0 Å². The minimum absolute atomic E-state index is 1.23. The molecule has 0 radical (unpaired) electrons. The minimum atomic E-state index is 1.23. The molecule has 0 unspecified atom stereocenters. The second-order valence-electron chi connectivity index (χ2n) is 5.63. The first-order valence-corrected chi connectivity index (χ1v) is 8.34. The van der Waals surface area contributed by atoms with Gasteiger partial charge in [-0.05, 0) is 12.8 Å². The van der Waals surface area contributed by atoms with E-state index in [1.165, 1.54) is 83.6 Å². The molecule has 0 aliphatic heterocycles. The standard InChI is InChI=1S/C17H36N/c1-4-6-8-9-10-11-12-13-14-15-17-18(3)16-7-5-2/h16H,4-15,17H2,1-3H3/q+1. The summed E-state index contributed by atoms with van der Waals surface area (Å²) in [5.41, 5.74) is 0. The van der Waals surface area contributed by atoms with Gasteiger partial charge < -0.3 is 0 Å². The first-order valence-electron chi connectivity index (χ1n) is 8.34. The SMILES string of the molecule is CCCC=[N+](C)CCCCCCCCCCCC. The van der Waals surface area contributed by atoms with E-state index in [0.717, 1.165) is 0 Å². The van der Waals surface area contributed by atoms with Gasteiger partial charge in [-0.25, -0.2) is 4.58 Å². The summed E-state index contributed by atoms with van der Waals surface area (Å²) in [4.78, 5) is 0. The lowest BCUT2D eigenvalue weighted by Crippen LogP contribution is -2.08. The second kappa shape index (κ2) is 14.7. The maximum absolute atomic E-state index is 2.37. The highest BCUT2D eigenvalue weighted by atomic mass is 14.9. The Labute approximate surface area is 116 Å². The molecule has 0 amide bonds. The molecule has 1 heteroatoms. The van der Waals surface area contributed by atoms with E-state index in [0.29, 0.717) is 0 Å². The van der Waals surface area contributed by atoms with Gasteiger partial charge in [0.15, 0.2) is 0 Å². The van der Waals surface area contributed by atoms with Gasteiger partial charge in [0, 0.05) is 12.8 Å². The number of hydrogen-bond donors (Lipinski definition) is 0. The first-order chi connectivity index (χ1) is 8.81. The Balaban J connectivity index is 3.11. The van der Waals surface area contributed by atoms with Gasteiger partial charge >= 0.3 is 0 Å². The van der Waals surface area contributed by atoms with Gasteiger partial charge in [0.25, 0.3) is 0 Å². The number of hydrogen-bond acceptors (Lipinski definition) is 0. The lowest BCUT2D eigenvalue weighted by Gasteiger charge is -2.01. The highest BCUT2D eigenvalue weighted by molar-refractivity contribution is 5.50. The molecule has 108 valence electrons. The third-order valence-electron chi connectivity index (χ3n) is 3.59. The lowest BCUT2D eigenvalue weighted by atomic mass is 10.1. The van der Waals surface area contributed by atoms with Crippen molar-refractivity contribution in [3.05, 3.63) is 0 Å². The van der Waals surface area contributed by atoms with Crippen LogP contribution < -0.4 is 0 Å². The number of rotatable bonds is 13. The lowest BCUT2D eigenvalue weighted by molar-refractivity contribution is -0.494. The summed E-state index contributed by atoms with van der Waals surface area (Å²) in [7, 11) is 2.21. The zero-order valence-electron chi connectivity index (χ0n) is 13.2. The van der Waals surface area contributed by atoms with E-state index in [1.807, 2.05) is 0 Å². The Morgan fingerprint density at radius 2 is 1.17 bits per heavy atom. The van der Waals surface area contributed by atoms with Crippen LogP contribution in [-0.2, 0) is 0 Å². The minimum Gasteiger partial charge on any atom is -0.242 e. The third-order valence-corrected chi connectivity index (χ3v) is 3.59. The van der Waals surface area contributed by atoms with Crippen LogP contribution in [0.15, 0.2) is 0 Å². The Bertz CT molecular complexity index is 184. The smallest absolute Gasteiger partial charge is 0.142 e. The molecule has 0 bridgehead atoms. The van der Waals surface area contributed by atoms with Gasteiger partial charge in [-0.1, -0.05) is 65.2 Å². The predicted molar refractivity (Wildman–Crippen MR) is 83.9 cm³/mol. The highest BCUT2D eigenvalue weighted by Crippen LogP contribution is 2.10. The van der Waals surface area contributed by atoms with Crippen LogP contribution in [0.3, 0.4) is 0 Å². The molecule has 0 heterocycles. The molecule has 0 atom stereocenters. The normalized spacial score (nSPS) is 12.1. The maximum Gasteiger partial charge on any atom is 0.142 e. The van der Waals surface area contributed by atoms with Gasteiger partial charge in [-0.3, -0.25) is 0 Å². The van der Waals surface area contributed by atoms with E-state index in [-0.39, 0.29) is 0 Å². The van der Waals surface area contributed by atoms with Crippen molar-refractivity contribution in [1.29, 1.82) is 0 Å². The molecule has 0 aromatic heterocycles. The van der Waals surface area contributed by atoms with Crippen molar-refractivity contribution in [3.8, 4) is 0 Å². The number of unbranched alkanes of at least 4 members (excludes halogenated alkanes) is 10. The third kappa shape index (κ3) is 13.7. The zero-order chi connectivity index (χ0) is 13.5. The molecule has 0 saturated heterocycles. The van der Waals surface area contributed by atoms with Crippen LogP contribution >= 0.6 is 0 Å². The van der Waals surface area contributed by atoms with Gasteiger partial charge in [-0.15, -0.1) is 0 Å². The summed E-state index contributed by atoms with van der Waals surface area (Å²) >= 11 is 0. The van der Waals surface area contributed by atoms with E-state index in [4.69, 9.17) is 0 Å². The van der Waals surface area contributed by atoms with Crippen molar-refractivity contribution < 1.29 is 4.58 Å². The molecule has 0 aromatic rings. The monoisotopic (exact) mass is 254 g/mol. The average Bonchev–Trinajstić information content (AvgIpc) is 2.38. The van der Waals surface area contributed by atoms with Crippen LogP contribution in [0.5, 0.6) is 0 Å². The second-order valence-corrected chi connectivity index (χ2v) is 5.63. The summed E-state index contributed by atoms with van der Waals surface area (Å²) in [6.45, 7) is 5.77. The predicted octanol–water partition coefficient (Wildman–Crippen LogP) is 5.42. The summed E-state index contributed by atoms with van der Waals surface area (Å²) in [6.07, 6.45) is 19.1. The van der Waals surface area contributed by atoms with Gasteiger partial charge in [-0.2, -0.15) is 0 Å². The van der Waals surface area contributed by atoms with E-state index in [1.54, 1.807) is 0 Å². The molecule has 0 saturated carbocycles. The van der Waals surface area contributed by atoms with Crippen LogP contribution in [0.2, 0.25) is 0 Å². The molecule has 0 spiro atoms. The molecular weight excluding hydrogens is 218 g/mol. The average molecular weight is 254 g/mol. The molecule has 0 fully saturated rings. The topological polar surface area (TPSA) is 3.01 Å². The first kappa shape index (κ1) is 17.7. The van der Waals surface area contributed by atoms with Crippen LogP contribution in [0.1, 0.15) is 90.9 Å². The molecule has 0 aliphatic carbocycles. The van der Waals surface area contributed by atoms with Crippen LogP contribution in [0, 0.1) is 0 Å². The molecule has 1 nitrogen and oxygen atoms in total. The number of nitrogens with zero attached hydrogens (tertiary/aromatic N) is 1. The zero-order valence-corrected chi connectivity index (χ0v) is 13.2. The van der Waals surface area contributed by atoms with E-state index >= 15 is 0 Å². The summed E-state index contributed by atoms with van der Waals surface area (Å²) in [5, 5.41) is 0. The fourth-order valence-electron chi connectivity index (χ4n) is 2.29. The fraction of sp³-hybridized carbons (Fsp3) is 0.941. The molecule has 0 N–H and O–H groups in total. The Morgan fingerprint density at radius 3 is 1.67 bits per heavy atom. The molecular formula is C17H36N+. The van der Waals surface area contributed by atoms with Crippen LogP contribution in [-0.4, -0.2) is 24.4 Å². The molecule has 0 aliphatic rings. The van der Waals surface area contributed by atoms with E-state index in [2.05, 4.69) is 31.7 Å². The quantitative estimate of drug-likeness (QED) is 0.234.